The number of aliphatic hydroxyl groups is 1. The second-order valence-electron chi connectivity index (χ2n) is 8.81. The second kappa shape index (κ2) is 9.28. The average Bonchev–Trinajstić information content (AvgIpc) is 2.81. The number of aliphatic carboxylic acids is 1. The minimum Gasteiger partial charge on any atom is -0.497 e. The number of aliphatic hydroxyl groups excluding tert-OH is 1. The molecule has 2 heterocycles. The van der Waals surface area contributed by atoms with Crippen LogP contribution in [-0.4, -0.2) is 66.5 Å². The van der Waals surface area contributed by atoms with E-state index in [1.54, 1.807) is 7.11 Å². The van der Waals surface area contributed by atoms with Crippen molar-refractivity contribution in [2.45, 2.75) is 37.8 Å². The molecule has 0 saturated carbocycles. The Morgan fingerprint density at radius 2 is 1.71 bits per heavy atom. The van der Waals surface area contributed by atoms with E-state index in [1.165, 1.54) is 5.69 Å². The van der Waals surface area contributed by atoms with Gasteiger partial charge in [0.2, 0.25) is 0 Å². The van der Waals surface area contributed by atoms with Crippen molar-refractivity contribution in [3.63, 3.8) is 0 Å². The average molecular weight is 425 g/mol. The largest absolute Gasteiger partial charge is 0.497 e. The highest BCUT2D eigenvalue weighted by Gasteiger charge is 2.50. The molecule has 0 aromatic heterocycles. The second-order valence-corrected chi connectivity index (χ2v) is 8.81. The molecule has 4 rings (SSSR count). The molecule has 2 aromatic carbocycles. The molecule has 166 valence electrons. The van der Waals surface area contributed by atoms with Crippen molar-refractivity contribution in [2.75, 3.05) is 38.2 Å². The number of carbonyl (C=O) groups is 1. The van der Waals surface area contributed by atoms with Gasteiger partial charge in [-0.05, 0) is 55.5 Å². The number of ether oxygens (including phenoxy) is 1. The third-order valence-electron chi connectivity index (χ3n) is 7.02. The SMILES string of the molecule is COc1ccc(N2CCC(N3CC[C@H](O)[C@](Cc4ccccc4)(C(=O)O)C3)CC2)cc1. The molecular formula is C25H32N2O4. The summed E-state index contributed by atoms with van der Waals surface area (Å²) in [7, 11) is 1.67. The summed E-state index contributed by atoms with van der Waals surface area (Å²) in [6.07, 6.45) is 2.00. The third-order valence-corrected chi connectivity index (χ3v) is 7.02. The lowest BCUT2D eigenvalue weighted by atomic mass is 9.72. The van der Waals surface area contributed by atoms with E-state index >= 15 is 0 Å². The summed E-state index contributed by atoms with van der Waals surface area (Å²) in [5.74, 6) is -0.0434. The van der Waals surface area contributed by atoms with E-state index in [4.69, 9.17) is 4.74 Å². The van der Waals surface area contributed by atoms with Crippen LogP contribution in [0.4, 0.5) is 5.69 Å². The Bertz CT molecular complexity index is 865. The van der Waals surface area contributed by atoms with Gasteiger partial charge in [0.05, 0.1) is 13.2 Å². The molecule has 0 unspecified atom stereocenters. The van der Waals surface area contributed by atoms with Crippen molar-refractivity contribution >= 4 is 11.7 Å². The van der Waals surface area contributed by atoms with E-state index in [-0.39, 0.29) is 0 Å². The molecule has 0 radical (unpaired) electrons. The van der Waals surface area contributed by atoms with Gasteiger partial charge in [0.15, 0.2) is 0 Å². The zero-order chi connectivity index (χ0) is 21.8. The van der Waals surface area contributed by atoms with E-state index in [9.17, 15) is 15.0 Å². The van der Waals surface area contributed by atoms with Gasteiger partial charge in [-0.15, -0.1) is 0 Å². The first-order valence-electron chi connectivity index (χ1n) is 11.1. The highest BCUT2D eigenvalue weighted by molar-refractivity contribution is 5.76. The minimum absolute atomic E-state index is 0.344. The quantitative estimate of drug-likeness (QED) is 0.743. The van der Waals surface area contributed by atoms with Gasteiger partial charge in [-0.1, -0.05) is 30.3 Å². The normalized spacial score (nSPS) is 25.4. The molecule has 0 spiro atoms. The van der Waals surface area contributed by atoms with Crippen molar-refractivity contribution in [2.24, 2.45) is 5.41 Å². The van der Waals surface area contributed by atoms with Crippen molar-refractivity contribution in [3.05, 3.63) is 60.2 Å². The number of methoxy groups -OCH3 is 1. The van der Waals surface area contributed by atoms with Crippen LogP contribution in [0.15, 0.2) is 54.6 Å². The molecule has 2 aromatic rings. The molecule has 0 amide bonds. The smallest absolute Gasteiger partial charge is 0.313 e. The molecule has 2 N–H and O–H groups in total. The first-order chi connectivity index (χ1) is 15.0. The molecule has 6 heteroatoms. The molecule has 2 saturated heterocycles. The first kappa shape index (κ1) is 21.7. The monoisotopic (exact) mass is 424 g/mol. The van der Waals surface area contributed by atoms with Crippen molar-refractivity contribution in [1.82, 2.24) is 4.90 Å². The van der Waals surface area contributed by atoms with Crippen LogP contribution in [0, 0.1) is 5.41 Å². The maximum Gasteiger partial charge on any atom is 0.313 e. The number of carboxylic acid groups (broad SMARTS) is 1. The van der Waals surface area contributed by atoms with E-state index in [2.05, 4.69) is 21.9 Å². The van der Waals surface area contributed by atoms with Crippen LogP contribution in [0.5, 0.6) is 5.75 Å². The van der Waals surface area contributed by atoms with Crippen LogP contribution in [0.2, 0.25) is 0 Å². The Hall–Kier alpha value is -2.57. The van der Waals surface area contributed by atoms with Crippen LogP contribution >= 0.6 is 0 Å². The van der Waals surface area contributed by atoms with Gasteiger partial charge in [-0.3, -0.25) is 9.69 Å². The Balaban J connectivity index is 1.43. The summed E-state index contributed by atoms with van der Waals surface area (Å²) in [5, 5.41) is 20.9. The van der Waals surface area contributed by atoms with Crippen molar-refractivity contribution < 1.29 is 19.7 Å². The van der Waals surface area contributed by atoms with Crippen molar-refractivity contribution in [1.29, 1.82) is 0 Å². The summed E-state index contributed by atoms with van der Waals surface area (Å²) < 4.78 is 5.25. The van der Waals surface area contributed by atoms with Crippen LogP contribution in [0.3, 0.4) is 0 Å². The molecule has 6 nitrogen and oxygen atoms in total. The predicted octanol–water partition coefficient (Wildman–Crippen LogP) is 3.04. The van der Waals surface area contributed by atoms with Crippen molar-refractivity contribution in [3.8, 4) is 5.75 Å². The predicted molar refractivity (Wildman–Crippen MR) is 121 cm³/mol. The first-order valence-corrected chi connectivity index (χ1v) is 11.1. The van der Waals surface area contributed by atoms with Gasteiger partial charge in [0, 0.05) is 37.9 Å². The highest BCUT2D eigenvalue weighted by atomic mass is 16.5. The topological polar surface area (TPSA) is 73.2 Å². The van der Waals surface area contributed by atoms with Gasteiger partial charge in [0.1, 0.15) is 11.2 Å². The van der Waals surface area contributed by atoms with E-state index < -0.39 is 17.5 Å². The van der Waals surface area contributed by atoms with E-state index in [0.29, 0.717) is 25.4 Å². The summed E-state index contributed by atoms with van der Waals surface area (Å²) >= 11 is 0. The zero-order valence-electron chi connectivity index (χ0n) is 18.1. The summed E-state index contributed by atoms with van der Waals surface area (Å²) in [4.78, 5) is 17.1. The van der Waals surface area contributed by atoms with Gasteiger partial charge in [0.25, 0.3) is 0 Å². The molecular weight excluding hydrogens is 392 g/mol. The summed E-state index contributed by atoms with van der Waals surface area (Å²) in [5.41, 5.74) is 0.990. The van der Waals surface area contributed by atoms with Crippen LogP contribution in [0.25, 0.3) is 0 Å². The number of hydrogen-bond donors (Lipinski definition) is 2. The number of nitrogens with zero attached hydrogens (tertiary/aromatic N) is 2. The number of piperidine rings is 2. The number of anilines is 1. The number of likely N-dealkylation sites (tertiary alicyclic amines) is 1. The Morgan fingerprint density at radius 3 is 2.32 bits per heavy atom. The number of benzene rings is 2. The molecule has 2 aliphatic rings. The van der Waals surface area contributed by atoms with Gasteiger partial charge >= 0.3 is 5.97 Å². The maximum absolute atomic E-state index is 12.4. The molecule has 2 atom stereocenters. The Labute approximate surface area is 184 Å². The zero-order valence-corrected chi connectivity index (χ0v) is 18.1. The molecule has 2 aliphatic heterocycles. The minimum atomic E-state index is -1.16. The number of rotatable bonds is 6. The lowest BCUT2D eigenvalue weighted by Gasteiger charge is -2.48. The van der Waals surface area contributed by atoms with E-state index in [1.807, 2.05) is 42.5 Å². The van der Waals surface area contributed by atoms with Gasteiger partial charge in [-0.25, -0.2) is 0 Å². The lowest BCUT2D eigenvalue weighted by Crippen LogP contribution is -2.60. The fraction of sp³-hybridized carbons (Fsp3) is 0.480. The standard InChI is InChI=1S/C25H32N2O4/c1-31-22-9-7-20(8-10-22)26-14-11-21(12-15-26)27-16-13-23(28)25(18-27,24(29)30)17-19-5-3-2-4-6-19/h2-10,21,23,28H,11-18H2,1H3,(H,29,30)/t23-,25+/m0/s1. The van der Waals surface area contributed by atoms with Gasteiger partial charge < -0.3 is 19.8 Å². The number of hydrogen-bond acceptors (Lipinski definition) is 5. The van der Waals surface area contributed by atoms with Crippen LogP contribution in [-0.2, 0) is 11.2 Å². The fourth-order valence-electron chi connectivity index (χ4n) is 5.12. The van der Waals surface area contributed by atoms with Crippen LogP contribution < -0.4 is 9.64 Å². The Kier molecular flexibility index (Phi) is 6.49. The maximum atomic E-state index is 12.4. The Morgan fingerprint density at radius 1 is 1.03 bits per heavy atom. The van der Waals surface area contributed by atoms with Crippen LogP contribution in [0.1, 0.15) is 24.8 Å². The van der Waals surface area contributed by atoms with Gasteiger partial charge in [-0.2, -0.15) is 0 Å². The summed E-state index contributed by atoms with van der Waals surface area (Å²) in [6, 6.07) is 18.2. The lowest BCUT2D eigenvalue weighted by molar-refractivity contribution is -0.164. The number of carboxylic acids is 1. The molecule has 0 aliphatic carbocycles. The molecule has 2 fully saturated rings. The summed E-state index contributed by atoms with van der Waals surface area (Å²) in [6.45, 7) is 3.02. The molecule has 0 bridgehead atoms. The van der Waals surface area contributed by atoms with E-state index in [0.717, 1.165) is 43.8 Å². The molecule has 31 heavy (non-hydrogen) atoms. The third kappa shape index (κ3) is 4.55. The highest BCUT2D eigenvalue weighted by Crippen LogP contribution is 2.37. The fourth-order valence-corrected chi connectivity index (χ4v) is 5.12.